The molecule has 182 valence electrons. The molecule has 5 heteroatoms. The van der Waals surface area contributed by atoms with Crippen LogP contribution in [0.5, 0.6) is 0 Å². The van der Waals surface area contributed by atoms with E-state index >= 15 is 0 Å². The Hall–Kier alpha value is -2.98. The van der Waals surface area contributed by atoms with Crippen LogP contribution in [-0.2, 0) is 15.6 Å². The van der Waals surface area contributed by atoms with Crippen molar-refractivity contribution in [1.82, 2.24) is 0 Å². The molecule has 0 unspecified atom stereocenters. The summed E-state index contributed by atoms with van der Waals surface area (Å²) in [5.74, 6) is 0.469. The second-order valence-corrected chi connectivity index (χ2v) is 10.5. The quantitative estimate of drug-likeness (QED) is 0.297. The van der Waals surface area contributed by atoms with Crippen LogP contribution in [0.3, 0.4) is 0 Å². The summed E-state index contributed by atoms with van der Waals surface area (Å²) in [4.78, 5) is 15.2. The first-order chi connectivity index (χ1) is 17.0. The maximum Gasteiger partial charge on any atom is 0.411 e. The van der Waals surface area contributed by atoms with Crippen molar-refractivity contribution in [1.29, 1.82) is 0 Å². The highest BCUT2D eigenvalue weighted by molar-refractivity contribution is 6.17. The van der Waals surface area contributed by atoms with E-state index in [4.69, 9.17) is 16.3 Å². The number of hydrogen-bond donors (Lipinski definition) is 1. The molecule has 0 spiro atoms. The molecule has 0 fully saturated rings. The van der Waals surface area contributed by atoms with E-state index in [9.17, 15) is 4.79 Å². The number of rotatable bonds is 6. The van der Waals surface area contributed by atoms with E-state index in [1.807, 2.05) is 0 Å². The van der Waals surface area contributed by atoms with Crippen molar-refractivity contribution < 1.29 is 9.53 Å². The van der Waals surface area contributed by atoms with Crippen LogP contribution in [-0.4, -0.2) is 31.7 Å². The summed E-state index contributed by atoms with van der Waals surface area (Å²) in [6.07, 6.45) is 2.25. The molecule has 0 saturated heterocycles. The number of amides is 1. The molecule has 0 aliphatic carbocycles. The van der Waals surface area contributed by atoms with Crippen LogP contribution in [0.25, 0.3) is 0 Å². The molecular formula is C30H33ClN2O2. The van der Waals surface area contributed by atoms with Gasteiger partial charge in [0, 0.05) is 41.2 Å². The first kappa shape index (κ1) is 23.7. The van der Waals surface area contributed by atoms with Crippen molar-refractivity contribution in [3.8, 4) is 0 Å². The van der Waals surface area contributed by atoms with Gasteiger partial charge in [0.2, 0.25) is 0 Å². The first-order valence-electron chi connectivity index (χ1n) is 12.5. The van der Waals surface area contributed by atoms with Crippen molar-refractivity contribution >= 4 is 29.1 Å². The number of nitrogens with zero attached hydrogens (tertiary/aromatic N) is 1. The Labute approximate surface area is 213 Å². The lowest BCUT2D eigenvalue weighted by Gasteiger charge is -2.50. The minimum Gasteiger partial charge on any atom is -0.449 e. The maximum absolute atomic E-state index is 12.6. The molecule has 3 aromatic rings. The third-order valence-corrected chi connectivity index (χ3v) is 8.23. The van der Waals surface area contributed by atoms with Crippen LogP contribution in [0.15, 0.2) is 72.8 Å². The molecule has 1 amide bonds. The molecule has 2 heterocycles. The smallest absolute Gasteiger partial charge is 0.411 e. The van der Waals surface area contributed by atoms with E-state index < -0.39 is 6.09 Å². The van der Waals surface area contributed by atoms with Gasteiger partial charge < -0.3 is 9.64 Å². The number of nitrogens with one attached hydrogen (secondary N) is 1. The predicted octanol–water partition coefficient (Wildman–Crippen LogP) is 7.09. The van der Waals surface area contributed by atoms with Crippen LogP contribution in [0.1, 0.15) is 55.4 Å². The second-order valence-electron chi connectivity index (χ2n) is 10.1. The molecule has 35 heavy (non-hydrogen) atoms. The van der Waals surface area contributed by atoms with Crippen molar-refractivity contribution in [3.63, 3.8) is 0 Å². The average molecular weight is 489 g/mol. The third-order valence-electron chi connectivity index (χ3n) is 7.96. The summed E-state index contributed by atoms with van der Waals surface area (Å²) in [5, 5.41) is 3.02. The van der Waals surface area contributed by atoms with Gasteiger partial charge in [-0.1, -0.05) is 74.5 Å². The Morgan fingerprint density at radius 3 is 1.91 bits per heavy atom. The summed E-state index contributed by atoms with van der Waals surface area (Å²) in [6, 6.07) is 25.8. The maximum atomic E-state index is 12.6. The summed E-state index contributed by atoms with van der Waals surface area (Å²) >= 11 is 5.75. The topological polar surface area (TPSA) is 41.6 Å². The zero-order valence-electron chi connectivity index (χ0n) is 20.5. The lowest BCUT2D eigenvalue weighted by atomic mass is 9.64. The van der Waals surface area contributed by atoms with Gasteiger partial charge in [0.1, 0.15) is 0 Å². The summed E-state index contributed by atoms with van der Waals surface area (Å²) in [7, 11) is 0. The average Bonchev–Trinajstić information content (AvgIpc) is 2.89. The molecule has 0 bridgehead atoms. The summed E-state index contributed by atoms with van der Waals surface area (Å²) < 4.78 is 5.37. The molecule has 3 aromatic carbocycles. The van der Waals surface area contributed by atoms with Gasteiger partial charge in [-0.15, -0.1) is 11.6 Å². The Morgan fingerprint density at radius 2 is 1.43 bits per heavy atom. The van der Waals surface area contributed by atoms with Crippen LogP contribution in [0.4, 0.5) is 16.2 Å². The lowest BCUT2D eigenvalue weighted by Crippen LogP contribution is -2.47. The van der Waals surface area contributed by atoms with Gasteiger partial charge in [0.15, 0.2) is 0 Å². The van der Waals surface area contributed by atoms with E-state index in [0.717, 1.165) is 31.6 Å². The molecule has 2 atom stereocenters. The largest absolute Gasteiger partial charge is 0.449 e. The van der Waals surface area contributed by atoms with Gasteiger partial charge in [-0.25, -0.2) is 4.79 Å². The Morgan fingerprint density at radius 1 is 0.914 bits per heavy atom. The number of anilines is 2. The van der Waals surface area contributed by atoms with Crippen LogP contribution in [0.2, 0.25) is 0 Å². The molecule has 2 aliphatic rings. The number of hydrogen-bond acceptors (Lipinski definition) is 3. The fraction of sp³-hybridized carbons (Fsp3) is 0.367. The van der Waals surface area contributed by atoms with Crippen LogP contribution >= 0.6 is 11.6 Å². The van der Waals surface area contributed by atoms with Crippen molar-refractivity contribution in [3.05, 3.63) is 95.1 Å². The van der Waals surface area contributed by atoms with Crippen LogP contribution in [0, 0.1) is 0 Å². The standard InChI is InChI=1S/C30H33ClN2O2/c1-29(22-10-5-3-6-11-22)14-17-33-18-15-30(2,23-12-7-4-8-13-23)26-21-24(20-25(29)27(26)33)32-28(34)35-19-9-16-31/h3-8,10-13,20-21H,9,14-19H2,1-2H3,(H,32,34)/t29-,30+. The monoisotopic (exact) mass is 488 g/mol. The summed E-state index contributed by atoms with van der Waals surface area (Å²) in [5.41, 5.74) is 6.93. The molecule has 2 aliphatic heterocycles. The zero-order valence-corrected chi connectivity index (χ0v) is 21.3. The van der Waals surface area contributed by atoms with E-state index in [0.29, 0.717) is 18.9 Å². The van der Waals surface area contributed by atoms with Gasteiger partial charge in [0.05, 0.1) is 6.61 Å². The number of alkyl halides is 1. The van der Waals surface area contributed by atoms with Crippen molar-refractivity contribution in [2.75, 3.05) is 35.8 Å². The molecular weight excluding hydrogens is 456 g/mol. The van der Waals surface area contributed by atoms with Gasteiger partial charge in [0.25, 0.3) is 0 Å². The van der Waals surface area contributed by atoms with E-state index in [1.165, 1.54) is 27.9 Å². The van der Waals surface area contributed by atoms with Crippen molar-refractivity contribution in [2.24, 2.45) is 0 Å². The molecule has 1 N–H and O–H groups in total. The number of carbonyl (C=O) groups excluding carboxylic acids is 1. The Kier molecular flexibility index (Phi) is 6.50. The number of halogens is 1. The van der Waals surface area contributed by atoms with E-state index in [2.05, 4.69) is 96.9 Å². The van der Waals surface area contributed by atoms with Crippen LogP contribution < -0.4 is 10.2 Å². The normalized spacial score (nSPS) is 22.9. The van der Waals surface area contributed by atoms with Gasteiger partial charge in [-0.2, -0.15) is 0 Å². The Bertz CT molecular complexity index is 1120. The zero-order chi connectivity index (χ0) is 24.5. The fourth-order valence-corrected chi connectivity index (χ4v) is 5.90. The number of benzene rings is 3. The molecule has 0 aromatic heterocycles. The highest BCUT2D eigenvalue weighted by Crippen LogP contribution is 2.54. The highest BCUT2D eigenvalue weighted by atomic mass is 35.5. The molecule has 5 rings (SSSR count). The first-order valence-corrected chi connectivity index (χ1v) is 13.0. The molecule has 4 nitrogen and oxygen atoms in total. The molecule has 0 saturated carbocycles. The Balaban J connectivity index is 1.66. The third kappa shape index (κ3) is 4.29. The fourth-order valence-electron chi connectivity index (χ4n) is 5.80. The van der Waals surface area contributed by atoms with Crippen molar-refractivity contribution in [2.45, 2.75) is 43.9 Å². The predicted molar refractivity (Wildman–Crippen MR) is 144 cm³/mol. The number of carbonyl (C=O) groups is 1. The van der Waals surface area contributed by atoms with E-state index in [-0.39, 0.29) is 10.8 Å². The minimum atomic E-state index is -0.437. The van der Waals surface area contributed by atoms with Gasteiger partial charge in [-0.3, -0.25) is 5.32 Å². The SMILES string of the molecule is C[C@@]1(c2ccccc2)CCN2CC[C@](C)(c3ccccc3)c3cc(NC(=O)OCCCCl)cc1c32. The number of ether oxygens (including phenoxy) is 1. The second kappa shape index (κ2) is 9.58. The summed E-state index contributed by atoms with van der Waals surface area (Å²) in [6.45, 7) is 7.02. The van der Waals surface area contributed by atoms with E-state index in [1.54, 1.807) is 0 Å². The van der Waals surface area contributed by atoms with Gasteiger partial charge in [-0.05, 0) is 53.6 Å². The molecule has 0 radical (unpaired) electrons. The van der Waals surface area contributed by atoms with Gasteiger partial charge >= 0.3 is 6.09 Å². The minimum absolute atomic E-state index is 0.156. The highest BCUT2D eigenvalue weighted by Gasteiger charge is 2.45. The lowest BCUT2D eigenvalue weighted by molar-refractivity contribution is 0.162.